The van der Waals surface area contributed by atoms with Gasteiger partial charge >= 0.3 is 5.66 Å². The van der Waals surface area contributed by atoms with E-state index in [0.29, 0.717) is 17.7 Å². The molecule has 0 saturated carbocycles. The predicted molar refractivity (Wildman–Crippen MR) is 95.3 cm³/mol. The second-order valence-electron chi connectivity index (χ2n) is 5.99. The number of nitrogens with zero attached hydrogens (tertiary/aromatic N) is 2. The average Bonchev–Trinajstić information content (AvgIpc) is 2.58. The summed E-state index contributed by atoms with van der Waals surface area (Å²) in [5.41, 5.74) is -2.92. The van der Waals surface area contributed by atoms with Crippen LogP contribution >= 0.6 is 0 Å². The number of hydrogen-bond donors (Lipinski definition) is 2. The number of nitro groups is 2. The summed E-state index contributed by atoms with van der Waals surface area (Å²) < 4.78 is 63.6. The van der Waals surface area contributed by atoms with Crippen LogP contribution in [0.1, 0.15) is 12.0 Å². The third-order valence-corrected chi connectivity index (χ3v) is 8.23. The molecule has 1 aromatic rings. The largest absolute Gasteiger partial charge is 0.480 e. The molecule has 1 aromatic carbocycles. The molecular formula is C14H14N2O10S2. The molecule has 0 amide bonds. The Labute approximate surface area is 159 Å². The first-order valence-corrected chi connectivity index (χ1v) is 10.3. The fraction of sp³-hybridized carbons (Fsp3) is 0.286. The topological polar surface area (TPSA) is 195 Å². The average molecular weight is 434 g/mol. The van der Waals surface area contributed by atoms with Crippen LogP contribution in [0.25, 0.3) is 6.08 Å². The van der Waals surface area contributed by atoms with Gasteiger partial charge in [0.25, 0.3) is 20.2 Å². The molecule has 2 rings (SSSR count). The van der Waals surface area contributed by atoms with Crippen LogP contribution in [-0.4, -0.2) is 45.5 Å². The van der Waals surface area contributed by atoms with Crippen LogP contribution < -0.4 is 0 Å². The maximum absolute atomic E-state index is 12.0. The van der Waals surface area contributed by atoms with Gasteiger partial charge in [0.1, 0.15) is 16.3 Å². The molecule has 0 fully saturated rings. The Hall–Kier alpha value is -2.68. The van der Waals surface area contributed by atoms with E-state index < -0.39 is 52.2 Å². The van der Waals surface area contributed by atoms with Crippen molar-refractivity contribution in [3.8, 4) is 0 Å². The van der Waals surface area contributed by atoms with Crippen LogP contribution in [0.5, 0.6) is 0 Å². The van der Waals surface area contributed by atoms with E-state index >= 15 is 0 Å². The number of hydrogen-bond acceptors (Lipinski definition) is 8. The van der Waals surface area contributed by atoms with E-state index in [1.165, 1.54) is 6.08 Å². The van der Waals surface area contributed by atoms with Gasteiger partial charge in [-0.2, -0.15) is 16.8 Å². The Morgan fingerprint density at radius 1 is 1.00 bits per heavy atom. The minimum Gasteiger partial charge on any atom is -0.284 e. The Balaban J connectivity index is 2.79. The number of allylic oxidation sites excluding steroid dienone is 2. The molecule has 152 valence electrons. The molecule has 14 heteroatoms. The Kier molecular flexibility index (Phi) is 5.44. The van der Waals surface area contributed by atoms with Gasteiger partial charge in [0.15, 0.2) is 0 Å². The van der Waals surface area contributed by atoms with Crippen LogP contribution in [-0.2, 0) is 20.2 Å². The van der Waals surface area contributed by atoms with Crippen LogP contribution in [0, 0.1) is 26.1 Å². The summed E-state index contributed by atoms with van der Waals surface area (Å²) >= 11 is 0. The van der Waals surface area contributed by atoms with E-state index in [9.17, 15) is 46.2 Å². The second kappa shape index (κ2) is 7.05. The van der Waals surface area contributed by atoms with Crippen molar-refractivity contribution in [3.05, 3.63) is 74.4 Å². The fourth-order valence-electron chi connectivity index (χ4n) is 2.91. The fourth-order valence-corrected chi connectivity index (χ4v) is 5.77. The predicted octanol–water partition coefficient (Wildman–Crippen LogP) is 0.997. The molecule has 0 aromatic heterocycles. The van der Waals surface area contributed by atoms with Crippen molar-refractivity contribution in [3.63, 3.8) is 0 Å². The molecule has 1 aliphatic rings. The Morgan fingerprint density at radius 2 is 1.50 bits per heavy atom. The molecule has 0 bridgehead atoms. The molecule has 1 aliphatic carbocycles. The van der Waals surface area contributed by atoms with Crippen molar-refractivity contribution >= 4 is 26.3 Å². The van der Waals surface area contributed by atoms with Gasteiger partial charge in [-0.15, -0.1) is 0 Å². The highest BCUT2D eigenvalue weighted by atomic mass is 32.3. The van der Waals surface area contributed by atoms with Crippen molar-refractivity contribution in [1.29, 1.82) is 0 Å². The highest BCUT2D eigenvalue weighted by molar-refractivity contribution is 8.05. The molecule has 0 saturated heterocycles. The number of rotatable bonds is 6. The molecule has 0 radical (unpaired) electrons. The normalized spacial score (nSPS) is 21.4. The van der Waals surface area contributed by atoms with Gasteiger partial charge in [-0.1, -0.05) is 48.6 Å². The summed E-state index contributed by atoms with van der Waals surface area (Å²) in [6.45, 7) is 0. The molecule has 0 aliphatic heterocycles. The van der Waals surface area contributed by atoms with Crippen LogP contribution in [0.4, 0.5) is 0 Å². The Bertz CT molecular complexity index is 1010. The first-order valence-electron chi connectivity index (χ1n) is 7.43. The summed E-state index contributed by atoms with van der Waals surface area (Å²) in [4.78, 5) is 19.6. The van der Waals surface area contributed by atoms with E-state index in [1.54, 1.807) is 30.3 Å². The summed E-state index contributed by atoms with van der Waals surface area (Å²) in [6, 6.07) is 8.01. The summed E-state index contributed by atoms with van der Waals surface area (Å²) in [5, 5.41) is 22.6. The summed E-state index contributed by atoms with van der Waals surface area (Å²) in [6.07, 6.45) is 1.39. The SMILES string of the molecule is O=[N+]([O-])C1([N+](=O)[O-])C=C[C@H](/C=C/c2ccccc2)C(S(=O)(=O)O)(S(=O)(=O)O)C1. The lowest BCUT2D eigenvalue weighted by Crippen LogP contribution is -2.61. The Morgan fingerprint density at radius 3 is 1.93 bits per heavy atom. The molecule has 28 heavy (non-hydrogen) atoms. The number of benzene rings is 1. The summed E-state index contributed by atoms with van der Waals surface area (Å²) in [7, 11) is -11.6. The van der Waals surface area contributed by atoms with Gasteiger partial charge in [0, 0.05) is 5.92 Å². The van der Waals surface area contributed by atoms with Crippen molar-refractivity contribution in [1.82, 2.24) is 0 Å². The van der Waals surface area contributed by atoms with Gasteiger partial charge in [-0.3, -0.25) is 29.3 Å². The molecule has 0 unspecified atom stereocenters. The minimum absolute atomic E-state index is 0.432. The quantitative estimate of drug-likeness (QED) is 0.214. The third kappa shape index (κ3) is 3.42. The maximum atomic E-state index is 12.0. The van der Waals surface area contributed by atoms with E-state index in [2.05, 4.69) is 0 Å². The van der Waals surface area contributed by atoms with E-state index in [4.69, 9.17) is 0 Å². The zero-order chi connectivity index (χ0) is 21.4. The lowest BCUT2D eigenvalue weighted by atomic mass is 9.87. The van der Waals surface area contributed by atoms with Crippen molar-refractivity contribution in [2.45, 2.75) is 16.2 Å². The van der Waals surface area contributed by atoms with Crippen molar-refractivity contribution in [2.75, 3.05) is 0 Å². The lowest BCUT2D eigenvalue weighted by molar-refractivity contribution is -0.782. The highest BCUT2D eigenvalue weighted by Gasteiger charge is 2.72. The summed E-state index contributed by atoms with van der Waals surface area (Å²) in [5.74, 6) is -1.86. The maximum Gasteiger partial charge on any atom is 0.480 e. The van der Waals surface area contributed by atoms with Crippen LogP contribution in [0.15, 0.2) is 48.6 Å². The molecule has 2 N–H and O–H groups in total. The molecule has 0 spiro atoms. The van der Waals surface area contributed by atoms with Gasteiger partial charge < -0.3 is 0 Å². The molecule has 1 atom stereocenters. The van der Waals surface area contributed by atoms with E-state index in [0.717, 1.165) is 6.08 Å². The van der Waals surface area contributed by atoms with Crippen molar-refractivity contribution in [2.24, 2.45) is 5.92 Å². The van der Waals surface area contributed by atoms with Crippen LogP contribution in [0.2, 0.25) is 0 Å². The molecule has 0 heterocycles. The highest BCUT2D eigenvalue weighted by Crippen LogP contribution is 2.46. The first-order chi connectivity index (χ1) is 12.8. The lowest BCUT2D eigenvalue weighted by Gasteiger charge is -2.35. The van der Waals surface area contributed by atoms with Gasteiger partial charge in [0.05, 0.1) is 6.08 Å². The van der Waals surface area contributed by atoms with E-state index in [1.807, 2.05) is 0 Å². The van der Waals surface area contributed by atoms with Crippen molar-refractivity contribution < 1.29 is 35.8 Å². The molecular weight excluding hydrogens is 420 g/mol. The van der Waals surface area contributed by atoms with Gasteiger partial charge in [-0.05, 0) is 5.56 Å². The molecule has 12 nitrogen and oxygen atoms in total. The van der Waals surface area contributed by atoms with E-state index in [-0.39, 0.29) is 0 Å². The standard InChI is InChI=1S/C14H14N2O10S2/c17-15(18)13(16(19)20)9-8-12(7-6-11-4-2-1-3-5-11)14(10-13,27(21,22)23)28(24,25)26/h1-9,12H,10H2,(H,21,22,23)(H,24,25,26)/b7-6+/t12-/m0/s1. The smallest absolute Gasteiger partial charge is 0.284 e. The van der Waals surface area contributed by atoms with Crippen LogP contribution in [0.3, 0.4) is 0 Å². The van der Waals surface area contributed by atoms with Gasteiger partial charge in [-0.25, -0.2) is 0 Å². The zero-order valence-electron chi connectivity index (χ0n) is 13.9. The zero-order valence-corrected chi connectivity index (χ0v) is 15.5. The third-order valence-electron chi connectivity index (χ3n) is 4.39. The monoisotopic (exact) mass is 434 g/mol. The van der Waals surface area contributed by atoms with Gasteiger partial charge in [0.2, 0.25) is 4.08 Å². The minimum atomic E-state index is -5.79. The first kappa shape index (κ1) is 21.6. The second-order valence-corrected chi connectivity index (χ2v) is 9.60.